The van der Waals surface area contributed by atoms with Crippen LogP contribution in [0.1, 0.15) is 11.1 Å². The van der Waals surface area contributed by atoms with Crippen molar-refractivity contribution in [1.82, 2.24) is 0 Å². The van der Waals surface area contributed by atoms with Gasteiger partial charge < -0.3 is 5.32 Å². The van der Waals surface area contributed by atoms with Crippen molar-refractivity contribution >= 4 is 5.69 Å². The minimum Gasteiger partial charge on any atom is -0.381 e. The van der Waals surface area contributed by atoms with Gasteiger partial charge in [0.15, 0.2) is 0 Å². The van der Waals surface area contributed by atoms with E-state index in [1.807, 2.05) is 0 Å². The van der Waals surface area contributed by atoms with E-state index in [2.05, 4.69) is 5.32 Å². The predicted molar refractivity (Wildman–Crippen MR) is 64.9 cm³/mol. The molecule has 2 aromatic carbocycles. The molecule has 0 spiro atoms. The van der Waals surface area contributed by atoms with Crippen LogP contribution >= 0.6 is 0 Å². The molecule has 0 saturated heterocycles. The predicted octanol–water partition coefficient (Wildman–Crippen LogP) is 3.89. The summed E-state index contributed by atoms with van der Waals surface area (Å²) in [5.41, 5.74) is 2.44. The number of aryl methyl sites for hydroxylation is 1. The van der Waals surface area contributed by atoms with Crippen LogP contribution in [-0.4, -0.2) is 0 Å². The van der Waals surface area contributed by atoms with Crippen molar-refractivity contribution in [3.05, 3.63) is 65.2 Å². The van der Waals surface area contributed by atoms with Crippen LogP contribution < -0.4 is 5.32 Å². The molecular formula is C14H13F2N. The van der Waals surface area contributed by atoms with Gasteiger partial charge in [-0.05, 0) is 48.4 Å². The molecule has 0 atom stereocenters. The second-order valence-corrected chi connectivity index (χ2v) is 3.94. The lowest BCUT2D eigenvalue weighted by atomic mass is 10.2. The van der Waals surface area contributed by atoms with Gasteiger partial charge in [-0.15, -0.1) is 0 Å². The van der Waals surface area contributed by atoms with Crippen LogP contribution in [0, 0.1) is 18.6 Å². The molecule has 0 aliphatic carbocycles. The summed E-state index contributed by atoms with van der Waals surface area (Å²) in [6, 6.07) is 11.2. The molecule has 0 aromatic heterocycles. The van der Waals surface area contributed by atoms with Crippen molar-refractivity contribution in [3.8, 4) is 0 Å². The van der Waals surface area contributed by atoms with E-state index in [1.165, 1.54) is 18.2 Å². The number of rotatable bonds is 3. The van der Waals surface area contributed by atoms with E-state index in [0.29, 0.717) is 12.1 Å². The summed E-state index contributed by atoms with van der Waals surface area (Å²) >= 11 is 0. The summed E-state index contributed by atoms with van der Waals surface area (Å²) in [5, 5.41) is 3.16. The highest BCUT2D eigenvalue weighted by Gasteiger charge is 1.99. The van der Waals surface area contributed by atoms with Gasteiger partial charge in [-0.3, -0.25) is 0 Å². The molecule has 0 bridgehead atoms. The minimum absolute atomic E-state index is 0.211. The van der Waals surface area contributed by atoms with E-state index in [9.17, 15) is 8.78 Å². The highest BCUT2D eigenvalue weighted by molar-refractivity contribution is 5.46. The zero-order valence-electron chi connectivity index (χ0n) is 9.50. The highest BCUT2D eigenvalue weighted by atomic mass is 19.1. The maximum absolute atomic E-state index is 13.0. The van der Waals surface area contributed by atoms with Gasteiger partial charge in [-0.1, -0.05) is 12.1 Å². The van der Waals surface area contributed by atoms with E-state index in [4.69, 9.17) is 0 Å². The first-order chi connectivity index (χ1) is 8.15. The Morgan fingerprint density at radius 2 is 1.71 bits per heavy atom. The van der Waals surface area contributed by atoms with Crippen molar-refractivity contribution < 1.29 is 8.78 Å². The normalized spacial score (nSPS) is 10.3. The molecule has 0 heterocycles. The van der Waals surface area contributed by atoms with Gasteiger partial charge in [0.05, 0.1) is 0 Å². The number of anilines is 1. The van der Waals surface area contributed by atoms with Crippen LogP contribution in [0.2, 0.25) is 0 Å². The van der Waals surface area contributed by atoms with E-state index in [0.717, 1.165) is 11.3 Å². The largest absolute Gasteiger partial charge is 0.381 e. The van der Waals surface area contributed by atoms with Crippen molar-refractivity contribution in [1.29, 1.82) is 0 Å². The Kier molecular flexibility index (Phi) is 3.38. The lowest BCUT2D eigenvalue weighted by Gasteiger charge is -2.07. The van der Waals surface area contributed by atoms with Crippen LogP contribution in [0.3, 0.4) is 0 Å². The maximum Gasteiger partial charge on any atom is 0.126 e. The second-order valence-electron chi connectivity index (χ2n) is 3.94. The Morgan fingerprint density at radius 3 is 2.35 bits per heavy atom. The van der Waals surface area contributed by atoms with Crippen LogP contribution in [0.25, 0.3) is 0 Å². The van der Waals surface area contributed by atoms with Gasteiger partial charge in [0.1, 0.15) is 11.6 Å². The quantitative estimate of drug-likeness (QED) is 0.848. The Balaban J connectivity index is 2.02. The molecule has 17 heavy (non-hydrogen) atoms. The molecule has 2 aromatic rings. The molecule has 88 valence electrons. The summed E-state index contributed by atoms with van der Waals surface area (Å²) in [5.74, 6) is -0.455. The van der Waals surface area contributed by atoms with Crippen LogP contribution in [0.5, 0.6) is 0 Å². The number of halogens is 2. The second kappa shape index (κ2) is 4.95. The highest BCUT2D eigenvalue weighted by Crippen LogP contribution is 2.14. The van der Waals surface area contributed by atoms with Crippen molar-refractivity contribution in [3.63, 3.8) is 0 Å². The third-order valence-corrected chi connectivity index (χ3v) is 2.57. The van der Waals surface area contributed by atoms with Gasteiger partial charge >= 0.3 is 0 Å². The number of nitrogens with one attached hydrogen (secondary N) is 1. The molecule has 1 N–H and O–H groups in total. The molecule has 2 rings (SSSR count). The molecule has 0 fully saturated rings. The Bertz CT molecular complexity index is 506. The lowest BCUT2D eigenvalue weighted by molar-refractivity contribution is 0.618. The fourth-order valence-electron chi connectivity index (χ4n) is 1.56. The van der Waals surface area contributed by atoms with Crippen LogP contribution in [0.4, 0.5) is 14.5 Å². The average molecular weight is 233 g/mol. The Labute approximate surface area is 99.1 Å². The van der Waals surface area contributed by atoms with Crippen molar-refractivity contribution in [2.24, 2.45) is 0 Å². The molecular weight excluding hydrogens is 220 g/mol. The standard InChI is InChI=1S/C14H13F2N/c1-10-8-13(6-7-14(10)16)17-9-11-2-4-12(15)5-3-11/h2-8,17H,9H2,1H3. The van der Waals surface area contributed by atoms with Crippen LogP contribution in [-0.2, 0) is 6.54 Å². The molecule has 1 nitrogen and oxygen atoms in total. The zero-order valence-corrected chi connectivity index (χ0v) is 9.50. The molecule has 0 aliphatic heterocycles. The number of hydrogen-bond donors (Lipinski definition) is 1. The van der Waals surface area contributed by atoms with Gasteiger partial charge in [0, 0.05) is 12.2 Å². The average Bonchev–Trinajstić information content (AvgIpc) is 2.33. The van der Waals surface area contributed by atoms with Crippen LogP contribution in [0.15, 0.2) is 42.5 Å². The van der Waals surface area contributed by atoms with Gasteiger partial charge in [0.25, 0.3) is 0 Å². The topological polar surface area (TPSA) is 12.0 Å². The zero-order chi connectivity index (χ0) is 12.3. The third-order valence-electron chi connectivity index (χ3n) is 2.57. The molecule has 0 radical (unpaired) electrons. The summed E-state index contributed by atoms with van der Waals surface area (Å²) in [6.07, 6.45) is 0. The number of benzene rings is 2. The Hall–Kier alpha value is -1.90. The minimum atomic E-state index is -0.244. The van der Waals surface area contributed by atoms with Crippen molar-refractivity contribution in [2.45, 2.75) is 13.5 Å². The Morgan fingerprint density at radius 1 is 1.00 bits per heavy atom. The summed E-state index contributed by atoms with van der Waals surface area (Å²) < 4.78 is 25.7. The molecule has 0 unspecified atom stereocenters. The van der Waals surface area contributed by atoms with E-state index < -0.39 is 0 Å². The van der Waals surface area contributed by atoms with E-state index >= 15 is 0 Å². The third kappa shape index (κ3) is 3.03. The first kappa shape index (κ1) is 11.6. The molecule has 0 amide bonds. The SMILES string of the molecule is Cc1cc(NCc2ccc(F)cc2)ccc1F. The smallest absolute Gasteiger partial charge is 0.126 e. The number of hydrogen-bond acceptors (Lipinski definition) is 1. The first-order valence-corrected chi connectivity index (χ1v) is 5.39. The van der Waals surface area contributed by atoms with Crippen molar-refractivity contribution in [2.75, 3.05) is 5.32 Å². The van der Waals surface area contributed by atoms with Gasteiger partial charge in [-0.2, -0.15) is 0 Å². The first-order valence-electron chi connectivity index (χ1n) is 5.39. The fourth-order valence-corrected chi connectivity index (χ4v) is 1.56. The van der Waals surface area contributed by atoms with Gasteiger partial charge in [0.2, 0.25) is 0 Å². The summed E-state index contributed by atoms with van der Waals surface area (Å²) in [4.78, 5) is 0. The lowest BCUT2D eigenvalue weighted by Crippen LogP contribution is -2.00. The summed E-state index contributed by atoms with van der Waals surface area (Å²) in [6.45, 7) is 2.31. The van der Waals surface area contributed by atoms with E-state index in [-0.39, 0.29) is 11.6 Å². The van der Waals surface area contributed by atoms with Gasteiger partial charge in [-0.25, -0.2) is 8.78 Å². The molecule has 0 saturated carbocycles. The fraction of sp³-hybridized carbons (Fsp3) is 0.143. The maximum atomic E-state index is 13.0. The molecule has 0 aliphatic rings. The molecule has 3 heteroatoms. The van der Waals surface area contributed by atoms with E-state index in [1.54, 1.807) is 31.2 Å². The monoisotopic (exact) mass is 233 g/mol. The summed E-state index contributed by atoms with van der Waals surface area (Å²) in [7, 11) is 0.